The summed E-state index contributed by atoms with van der Waals surface area (Å²) in [6.45, 7) is 5.50. The molecule has 1 unspecified atom stereocenters. The highest BCUT2D eigenvalue weighted by Crippen LogP contribution is 1.95. The van der Waals surface area contributed by atoms with Gasteiger partial charge in [-0.05, 0) is 0 Å². The molecule has 1 atom stereocenters. The van der Waals surface area contributed by atoms with Crippen LogP contribution in [-0.4, -0.2) is 75.1 Å². The molecular formula is C13H24O7. The van der Waals surface area contributed by atoms with Crippen molar-refractivity contribution in [1.82, 2.24) is 0 Å². The van der Waals surface area contributed by atoms with E-state index in [2.05, 4.69) is 6.58 Å². The standard InChI is InChI=1S/C13H24O7/c1-2-13(16)20-5-3-12(15)11-19-10-9-18-8-7-17-6-4-14/h2,12,14-15H,1,3-11H2. The number of carbonyl (C=O) groups is 1. The van der Waals surface area contributed by atoms with Crippen LogP contribution in [0.5, 0.6) is 0 Å². The van der Waals surface area contributed by atoms with Gasteiger partial charge in [0.05, 0.1) is 59.0 Å². The molecule has 2 N–H and O–H groups in total. The summed E-state index contributed by atoms with van der Waals surface area (Å²) in [4.78, 5) is 10.7. The fourth-order valence-corrected chi connectivity index (χ4v) is 1.16. The molecule has 0 aliphatic rings. The summed E-state index contributed by atoms with van der Waals surface area (Å²) in [7, 11) is 0. The molecule has 0 rings (SSSR count). The summed E-state index contributed by atoms with van der Waals surface area (Å²) < 4.78 is 20.1. The fraction of sp³-hybridized carbons (Fsp3) is 0.769. The Kier molecular flexibility index (Phi) is 13.7. The first-order valence-corrected chi connectivity index (χ1v) is 6.52. The Bertz CT molecular complexity index is 245. The summed E-state index contributed by atoms with van der Waals surface area (Å²) >= 11 is 0. The van der Waals surface area contributed by atoms with Gasteiger partial charge in [-0.2, -0.15) is 0 Å². The van der Waals surface area contributed by atoms with Crippen LogP contribution in [0.15, 0.2) is 12.7 Å². The summed E-state index contributed by atoms with van der Waals surface area (Å²) in [6, 6.07) is 0. The van der Waals surface area contributed by atoms with E-state index in [4.69, 9.17) is 24.1 Å². The largest absolute Gasteiger partial charge is 0.462 e. The van der Waals surface area contributed by atoms with Crippen molar-refractivity contribution in [2.45, 2.75) is 12.5 Å². The van der Waals surface area contributed by atoms with E-state index < -0.39 is 12.1 Å². The van der Waals surface area contributed by atoms with E-state index in [0.29, 0.717) is 39.5 Å². The maximum absolute atomic E-state index is 10.7. The third kappa shape index (κ3) is 13.4. The third-order valence-corrected chi connectivity index (χ3v) is 2.15. The number of carbonyl (C=O) groups excluding carboxylic acids is 1. The predicted molar refractivity (Wildman–Crippen MR) is 71.3 cm³/mol. The van der Waals surface area contributed by atoms with Crippen molar-refractivity contribution in [3.8, 4) is 0 Å². The molecule has 0 spiro atoms. The first-order valence-electron chi connectivity index (χ1n) is 6.52. The zero-order chi connectivity index (χ0) is 15.1. The molecule has 7 heteroatoms. The molecule has 0 bridgehead atoms. The lowest BCUT2D eigenvalue weighted by molar-refractivity contribution is -0.138. The zero-order valence-electron chi connectivity index (χ0n) is 11.7. The van der Waals surface area contributed by atoms with Gasteiger partial charge in [0, 0.05) is 12.5 Å². The van der Waals surface area contributed by atoms with Gasteiger partial charge in [-0.1, -0.05) is 6.58 Å². The van der Waals surface area contributed by atoms with Crippen LogP contribution >= 0.6 is 0 Å². The van der Waals surface area contributed by atoms with Crippen LogP contribution in [0, 0.1) is 0 Å². The summed E-state index contributed by atoms with van der Waals surface area (Å²) in [6.07, 6.45) is 0.709. The average Bonchev–Trinajstić information content (AvgIpc) is 2.45. The summed E-state index contributed by atoms with van der Waals surface area (Å²) in [5.74, 6) is -0.505. The van der Waals surface area contributed by atoms with Gasteiger partial charge in [0.2, 0.25) is 0 Å². The van der Waals surface area contributed by atoms with Gasteiger partial charge < -0.3 is 29.2 Å². The van der Waals surface area contributed by atoms with E-state index >= 15 is 0 Å². The summed E-state index contributed by atoms with van der Waals surface area (Å²) in [5, 5.41) is 18.0. The minimum absolute atomic E-state index is 0.00309. The highest BCUT2D eigenvalue weighted by atomic mass is 16.5. The van der Waals surface area contributed by atoms with Crippen molar-refractivity contribution in [1.29, 1.82) is 0 Å². The van der Waals surface area contributed by atoms with Crippen molar-refractivity contribution in [3.63, 3.8) is 0 Å². The zero-order valence-corrected chi connectivity index (χ0v) is 11.7. The quantitative estimate of drug-likeness (QED) is 0.253. The highest BCUT2D eigenvalue weighted by molar-refractivity contribution is 5.81. The number of aliphatic hydroxyl groups excluding tert-OH is 2. The minimum Gasteiger partial charge on any atom is -0.462 e. The highest BCUT2D eigenvalue weighted by Gasteiger charge is 2.05. The van der Waals surface area contributed by atoms with Gasteiger partial charge in [-0.15, -0.1) is 0 Å². The number of esters is 1. The maximum Gasteiger partial charge on any atom is 0.330 e. The number of rotatable bonds is 14. The van der Waals surface area contributed by atoms with Crippen LogP contribution in [0.3, 0.4) is 0 Å². The molecule has 0 aliphatic heterocycles. The Hall–Kier alpha value is -0.990. The van der Waals surface area contributed by atoms with Crippen LogP contribution in [0.25, 0.3) is 0 Å². The number of hydrogen-bond acceptors (Lipinski definition) is 7. The van der Waals surface area contributed by atoms with Crippen molar-refractivity contribution in [2.24, 2.45) is 0 Å². The monoisotopic (exact) mass is 292 g/mol. The molecule has 0 aromatic heterocycles. The van der Waals surface area contributed by atoms with Crippen molar-refractivity contribution < 1.29 is 34.0 Å². The molecule has 0 aromatic rings. The van der Waals surface area contributed by atoms with E-state index in [0.717, 1.165) is 6.08 Å². The lowest BCUT2D eigenvalue weighted by Crippen LogP contribution is -2.20. The maximum atomic E-state index is 10.7. The second-order valence-corrected chi connectivity index (χ2v) is 3.84. The second-order valence-electron chi connectivity index (χ2n) is 3.84. The molecule has 0 fully saturated rings. The van der Waals surface area contributed by atoms with Gasteiger partial charge >= 0.3 is 5.97 Å². The normalized spacial score (nSPS) is 12.1. The Balaban J connectivity index is 3.20. The van der Waals surface area contributed by atoms with E-state index in [1.165, 1.54) is 0 Å². The van der Waals surface area contributed by atoms with E-state index in [1.54, 1.807) is 0 Å². The Labute approximate surface area is 119 Å². The lowest BCUT2D eigenvalue weighted by atomic mass is 10.3. The Morgan fingerprint density at radius 3 is 2.25 bits per heavy atom. The van der Waals surface area contributed by atoms with E-state index in [-0.39, 0.29) is 19.8 Å². The molecule has 0 saturated carbocycles. The van der Waals surface area contributed by atoms with Crippen molar-refractivity contribution in [2.75, 3.05) is 52.9 Å². The molecule has 0 aromatic carbocycles. The van der Waals surface area contributed by atoms with Gasteiger partial charge in [-0.25, -0.2) is 4.79 Å². The molecular weight excluding hydrogens is 268 g/mol. The van der Waals surface area contributed by atoms with Gasteiger partial charge in [0.15, 0.2) is 0 Å². The molecule has 0 amide bonds. The molecule has 20 heavy (non-hydrogen) atoms. The van der Waals surface area contributed by atoms with Crippen LogP contribution in [0.4, 0.5) is 0 Å². The molecule has 7 nitrogen and oxygen atoms in total. The lowest BCUT2D eigenvalue weighted by Gasteiger charge is -2.11. The van der Waals surface area contributed by atoms with Crippen molar-refractivity contribution in [3.05, 3.63) is 12.7 Å². The van der Waals surface area contributed by atoms with Gasteiger partial charge in [0.25, 0.3) is 0 Å². The Morgan fingerprint density at radius 1 is 1.05 bits per heavy atom. The average molecular weight is 292 g/mol. The third-order valence-electron chi connectivity index (χ3n) is 2.15. The first-order chi connectivity index (χ1) is 9.70. The molecule has 0 heterocycles. The smallest absolute Gasteiger partial charge is 0.330 e. The fourth-order valence-electron chi connectivity index (χ4n) is 1.16. The number of hydrogen-bond donors (Lipinski definition) is 2. The summed E-state index contributed by atoms with van der Waals surface area (Å²) in [5.41, 5.74) is 0. The van der Waals surface area contributed by atoms with Gasteiger partial charge in [0.1, 0.15) is 0 Å². The topological polar surface area (TPSA) is 94.5 Å². The Morgan fingerprint density at radius 2 is 1.65 bits per heavy atom. The SMILES string of the molecule is C=CC(=O)OCCC(O)COCCOCCOCCO. The minimum atomic E-state index is -0.680. The van der Waals surface area contributed by atoms with E-state index in [9.17, 15) is 9.90 Å². The van der Waals surface area contributed by atoms with Crippen LogP contribution < -0.4 is 0 Å². The van der Waals surface area contributed by atoms with E-state index in [1.807, 2.05) is 0 Å². The number of aliphatic hydroxyl groups is 2. The van der Waals surface area contributed by atoms with Crippen LogP contribution in [-0.2, 0) is 23.7 Å². The first kappa shape index (κ1) is 19.0. The molecule has 0 aliphatic carbocycles. The predicted octanol–water partition coefficient (Wildman–Crippen LogP) is -0.491. The van der Waals surface area contributed by atoms with Crippen molar-refractivity contribution >= 4 is 5.97 Å². The van der Waals surface area contributed by atoms with Gasteiger partial charge in [-0.3, -0.25) is 0 Å². The second kappa shape index (κ2) is 14.4. The van der Waals surface area contributed by atoms with Crippen LogP contribution in [0.2, 0.25) is 0 Å². The number of ether oxygens (including phenoxy) is 4. The molecule has 0 radical (unpaired) electrons. The molecule has 0 saturated heterocycles. The van der Waals surface area contributed by atoms with Crippen LogP contribution in [0.1, 0.15) is 6.42 Å². The molecule has 118 valence electrons.